The van der Waals surface area contributed by atoms with E-state index >= 15 is 0 Å². The van der Waals surface area contributed by atoms with Crippen LogP contribution in [0.15, 0.2) is 30.6 Å². The van der Waals surface area contributed by atoms with Crippen LogP contribution in [0.1, 0.15) is 18.3 Å². The molecule has 150 valence electrons. The lowest BCUT2D eigenvalue weighted by molar-refractivity contribution is -0.151. The number of aromatic nitrogens is 2. The second kappa shape index (κ2) is 11.6. The first kappa shape index (κ1) is 28.8. The maximum Gasteiger partial charge on any atom is 0.326 e. The van der Waals surface area contributed by atoms with Crippen molar-refractivity contribution in [2.45, 2.75) is 25.5 Å². The molecule has 0 bridgehead atoms. The van der Waals surface area contributed by atoms with E-state index in [4.69, 9.17) is 10.5 Å². The molecule has 1 aromatic carbocycles. The first-order valence-electron chi connectivity index (χ1n) is 6.73. The molecule has 0 aliphatic heterocycles. The van der Waals surface area contributed by atoms with Crippen LogP contribution in [0.4, 0.5) is 0 Å². The van der Waals surface area contributed by atoms with Crippen molar-refractivity contribution in [2.75, 3.05) is 0 Å². The van der Waals surface area contributed by atoms with Crippen LogP contribution in [0.5, 0.6) is 11.5 Å². The molecule has 0 unspecified atom stereocenters. The number of carbonyl (C=O) groups is 1. The molecule has 0 fully saturated rings. The van der Waals surface area contributed by atoms with Crippen molar-refractivity contribution in [3.05, 3.63) is 42.0 Å². The summed E-state index contributed by atoms with van der Waals surface area (Å²) in [6.45, 7) is 1.59. The van der Waals surface area contributed by atoms with Crippen molar-refractivity contribution in [2.24, 2.45) is 12.8 Å². The van der Waals surface area contributed by atoms with Crippen LogP contribution in [0.2, 0.25) is 0 Å². The number of nitrogens with two attached hydrogens (primary N) is 1. The van der Waals surface area contributed by atoms with E-state index in [1.807, 2.05) is 0 Å². The molecule has 0 radical (unpaired) electrons. The number of nitrogens with zero attached hydrogens (tertiary/aromatic N) is 2. The molecular weight excluding hydrogens is 389 g/mol. The van der Waals surface area contributed by atoms with E-state index in [1.165, 1.54) is 12.1 Å². The minimum Gasteiger partial charge on any atom is -0.504 e. The highest BCUT2D eigenvalue weighted by Crippen LogP contribution is 2.26. The molecule has 0 spiro atoms. The Morgan fingerprint density at radius 3 is 2.38 bits per heavy atom. The second-order valence-corrected chi connectivity index (χ2v) is 5.45. The van der Waals surface area contributed by atoms with Crippen molar-refractivity contribution in [3.63, 3.8) is 0 Å². The van der Waals surface area contributed by atoms with E-state index in [0.717, 1.165) is 0 Å². The number of rotatable bonds is 5. The van der Waals surface area contributed by atoms with E-state index in [2.05, 4.69) is 4.98 Å². The number of hydrogen-bond donors (Lipinski definition) is 3. The normalized spacial score (nSPS) is 11.5. The third-order valence-electron chi connectivity index (χ3n) is 3.33. The molecule has 0 saturated carbocycles. The minimum absolute atomic E-state index is 0. The molecule has 26 heavy (non-hydrogen) atoms. The number of benzene rings is 1. The average Bonchev–Trinajstić information content (AvgIpc) is 2.85. The maximum atomic E-state index is 12.1. The summed E-state index contributed by atoms with van der Waals surface area (Å²) in [6.07, 6.45) is 3.54. The van der Waals surface area contributed by atoms with Gasteiger partial charge < -0.3 is 36.2 Å². The van der Waals surface area contributed by atoms with Crippen molar-refractivity contribution in [1.29, 1.82) is 0 Å². The molecule has 1 aromatic heterocycles. The summed E-state index contributed by atoms with van der Waals surface area (Å²) in [4.78, 5) is 16.2. The molecule has 0 saturated heterocycles. The zero-order chi connectivity index (χ0) is 16.3. The fourth-order valence-electron chi connectivity index (χ4n) is 2.01. The maximum absolute atomic E-state index is 12.1. The van der Waals surface area contributed by atoms with Gasteiger partial charge in [0.05, 0.1) is 0 Å². The van der Waals surface area contributed by atoms with Crippen LogP contribution in [-0.2, 0) is 29.6 Å². The number of carbonyl (C=O) groups excluding carboxylic acids is 1. The average molecular weight is 414 g/mol. The molecule has 2 aromatic rings. The van der Waals surface area contributed by atoms with Crippen LogP contribution < -0.4 is 5.73 Å². The summed E-state index contributed by atoms with van der Waals surface area (Å²) in [6, 6.07) is 4.30. The quantitative estimate of drug-likeness (QED) is 0.460. The van der Waals surface area contributed by atoms with Gasteiger partial charge in [-0.2, -0.15) is 0 Å². The molecule has 0 amide bonds. The van der Waals surface area contributed by atoms with Crippen molar-refractivity contribution in [1.82, 2.24) is 9.55 Å². The smallest absolute Gasteiger partial charge is 0.326 e. The number of aryl methyl sites for hydroxylation is 1. The lowest BCUT2D eigenvalue weighted by Crippen LogP contribution is -2.48. The molecule has 8 N–H and O–H groups in total. The SMILES string of the molecule is Cl.Cl.Cn1ccnc1COC(=O)[C@@](C)(N)Cc1ccc(O)c(O)c1.O.O. The number of phenolic OH excluding ortho intramolecular Hbond substituents is 2. The Labute approximate surface area is 163 Å². The third kappa shape index (κ3) is 7.06. The van der Waals surface area contributed by atoms with Gasteiger partial charge in [0, 0.05) is 25.9 Å². The number of halogens is 2. The van der Waals surface area contributed by atoms with Crippen molar-refractivity contribution in [3.8, 4) is 11.5 Å². The number of aromatic hydroxyl groups is 2. The lowest BCUT2D eigenvalue weighted by atomic mass is 9.94. The van der Waals surface area contributed by atoms with Gasteiger partial charge in [0.25, 0.3) is 0 Å². The highest BCUT2D eigenvalue weighted by Gasteiger charge is 2.31. The fourth-order valence-corrected chi connectivity index (χ4v) is 2.01. The molecular formula is C15H25Cl2N3O6. The first-order chi connectivity index (χ1) is 10.3. The third-order valence-corrected chi connectivity index (χ3v) is 3.33. The van der Waals surface area contributed by atoms with Gasteiger partial charge in [0.15, 0.2) is 11.5 Å². The number of ether oxygens (including phenoxy) is 1. The van der Waals surface area contributed by atoms with Crippen LogP contribution in [-0.4, -0.2) is 42.2 Å². The molecule has 2 rings (SSSR count). The minimum atomic E-state index is -1.26. The van der Waals surface area contributed by atoms with Crippen molar-refractivity contribution < 1.29 is 30.7 Å². The standard InChI is InChI=1S/C15H19N3O4.2ClH.2H2O/c1-15(16,8-10-3-4-11(19)12(20)7-10)14(21)22-9-13-17-5-6-18(13)2;;;;/h3-7,19-20H,8-9,16H2,1-2H3;2*1H;2*1H2/t15-;;;;/m0..../s1. The van der Waals surface area contributed by atoms with E-state index in [-0.39, 0.29) is 60.3 Å². The van der Waals surface area contributed by atoms with Crippen molar-refractivity contribution >= 4 is 30.8 Å². The summed E-state index contributed by atoms with van der Waals surface area (Å²) in [5.74, 6) is -0.427. The van der Waals surface area contributed by atoms with Gasteiger partial charge in [-0.3, -0.25) is 4.79 Å². The molecule has 0 aliphatic carbocycles. The Morgan fingerprint density at radius 1 is 1.27 bits per heavy atom. The topological polar surface area (TPSA) is 174 Å². The Morgan fingerprint density at radius 2 is 1.88 bits per heavy atom. The summed E-state index contributed by atoms with van der Waals surface area (Å²) < 4.78 is 6.95. The summed E-state index contributed by atoms with van der Waals surface area (Å²) in [5, 5.41) is 18.8. The van der Waals surface area contributed by atoms with Gasteiger partial charge >= 0.3 is 5.97 Å². The molecule has 9 nitrogen and oxygen atoms in total. The Hall–Kier alpha value is -2.04. The van der Waals surface area contributed by atoms with Gasteiger partial charge in [-0.1, -0.05) is 6.07 Å². The zero-order valence-electron chi connectivity index (χ0n) is 14.3. The highest BCUT2D eigenvalue weighted by molar-refractivity contribution is 5.85. The Kier molecular flexibility index (Phi) is 12.8. The molecule has 11 heteroatoms. The Balaban J connectivity index is -0.00000132. The fraction of sp³-hybridized carbons (Fsp3) is 0.333. The summed E-state index contributed by atoms with van der Waals surface area (Å²) in [7, 11) is 1.80. The van der Waals surface area contributed by atoms with Gasteiger partial charge in [-0.25, -0.2) is 4.98 Å². The summed E-state index contributed by atoms with van der Waals surface area (Å²) in [5.41, 5.74) is 5.38. The number of esters is 1. The predicted molar refractivity (Wildman–Crippen MR) is 101 cm³/mol. The number of imidazole rings is 1. The Bertz CT molecular complexity index is 694. The van der Waals surface area contributed by atoms with E-state index in [0.29, 0.717) is 11.4 Å². The molecule has 1 heterocycles. The van der Waals surface area contributed by atoms with Gasteiger partial charge in [-0.05, 0) is 24.6 Å². The van der Waals surface area contributed by atoms with Gasteiger partial charge in [-0.15, -0.1) is 24.8 Å². The van der Waals surface area contributed by atoms with Gasteiger partial charge in [0.1, 0.15) is 18.0 Å². The second-order valence-electron chi connectivity index (χ2n) is 5.45. The zero-order valence-corrected chi connectivity index (χ0v) is 15.9. The van der Waals surface area contributed by atoms with Crippen LogP contribution >= 0.6 is 24.8 Å². The van der Waals surface area contributed by atoms with Crippen LogP contribution in [0.25, 0.3) is 0 Å². The molecule has 0 aliphatic rings. The van der Waals surface area contributed by atoms with Gasteiger partial charge in [0.2, 0.25) is 0 Å². The van der Waals surface area contributed by atoms with E-state index < -0.39 is 11.5 Å². The van der Waals surface area contributed by atoms with Crippen LogP contribution in [0.3, 0.4) is 0 Å². The monoisotopic (exact) mass is 413 g/mol. The predicted octanol–water partition coefficient (Wildman–Crippen LogP) is 0.0288. The number of phenols is 2. The lowest BCUT2D eigenvalue weighted by Gasteiger charge is -2.22. The number of hydrogen-bond acceptors (Lipinski definition) is 6. The first-order valence-corrected chi connectivity index (χ1v) is 6.73. The van der Waals surface area contributed by atoms with E-state index in [9.17, 15) is 15.0 Å². The summed E-state index contributed by atoms with van der Waals surface area (Å²) >= 11 is 0. The largest absolute Gasteiger partial charge is 0.504 e. The van der Waals surface area contributed by atoms with E-state index in [1.54, 1.807) is 37.0 Å². The molecule has 1 atom stereocenters. The van der Waals surface area contributed by atoms with Crippen LogP contribution in [0, 0.1) is 0 Å². The highest BCUT2D eigenvalue weighted by atomic mass is 35.5.